The lowest BCUT2D eigenvalue weighted by molar-refractivity contribution is 0.0907. The number of nitrogens with one attached hydrogen (secondary N) is 1. The van der Waals surface area contributed by atoms with Crippen molar-refractivity contribution in [2.45, 2.75) is 24.8 Å². The first-order valence-electron chi connectivity index (χ1n) is 8.49. The Morgan fingerprint density at radius 3 is 2.57 bits per heavy atom. The average molecular weight is 403 g/mol. The highest BCUT2D eigenvalue weighted by atomic mass is 32.2. The number of carbonyl (C=O) groups excluding carboxylic acids is 1. The summed E-state index contributed by atoms with van der Waals surface area (Å²) in [6, 6.07) is 12.2. The molecule has 0 spiro atoms. The van der Waals surface area contributed by atoms with Crippen LogP contribution in [0.4, 0.5) is 4.39 Å². The van der Waals surface area contributed by atoms with Gasteiger partial charge in [-0.2, -0.15) is 4.98 Å². The van der Waals surface area contributed by atoms with E-state index in [1.165, 1.54) is 12.1 Å². The molecule has 0 bridgehead atoms. The minimum absolute atomic E-state index is 0.00796. The molecule has 0 fully saturated rings. The second kappa shape index (κ2) is 8.30. The minimum Gasteiger partial charge on any atom is -0.344 e. The molecule has 1 aromatic heterocycles. The molecule has 7 nitrogen and oxygen atoms in total. The van der Waals surface area contributed by atoms with E-state index in [0.29, 0.717) is 6.54 Å². The average Bonchev–Trinajstić information content (AvgIpc) is 3.15. The van der Waals surface area contributed by atoms with Crippen molar-refractivity contribution in [1.82, 2.24) is 15.5 Å². The molecular weight excluding hydrogens is 385 g/mol. The fraction of sp³-hybridized carbons (Fsp3) is 0.211. The number of aromatic nitrogens is 2. The van der Waals surface area contributed by atoms with Crippen LogP contribution in [-0.4, -0.2) is 30.2 Å². The Morgan fingerprint density at radius 1 is 1.14 bits per heavy atom. The fourth-order valence-electron chi connectivity index (χ4n) is 2.49. The van der Waals surface area contributed by atoms with Crippen molar-refractivity contribution in [1.29, 1.82) is 0 Å². The van der Waals surface area contributed by atoms with Gasteiger partial charge in [-0.05, 0) is 42.3 Å². The molecule has 0 aliphatic rings. The lowest BCUT2D eigenvalue weighted by Crippen LogP contribution is -2.23. The first-order chi connectivity index (χ1) is 13.3. The number of rotatable bonds is 7. The summed E-state index contributed by atoms with van der Waals surface area (Å²) in [6.07, 6.45) is -0.0334. The Bertz CT molecular complexity index is 1080. The lowest BCUT2D eigenvalue weighted by Gasteiger charge is -2.05. The van der Waals surface area contributed by atoms with Gasteiger partial charge in [0.15, 0.2) is 15.7 Å². The van der Waals surface area contributed by atoms with E-state index in [1.54, 1.807) is 0 Å². The summed E-state index contributed by atoms with van der Waals surface area (Å²) in [5, 5.41) is 6.33. The summed E-state index contributed by atoms with van der Waals surface area (Å²) < 4.78 is 42.4. The third-order valence-electron chi connectivity index (χ3n) is 4.13. The predicted molar refractivity (Wildman–Crippen MR) is 98.8 cm³/mol. The molecule has 28 heavy (non-hydrogen) atoms. The van der Waals surface area contributed by atoms with E-state index in [2.05, 4.69) is 15.5 Å². The van der Waals surface area contributed by atoms with Crippen molar-refractivity contribution >= 4 is 15.7 Å². The normalized spacial score (nSPS) is 11.4. The summed E-state index contributed by atoms with van der Waals surface area (Å²) >= 11 is 0. The number of nitrogens with zero attached hydrogens (tertiary/aromatic N) is 2. The van der Waals surface area contributed by atoms with Gasteiger partial charge in [-0.3, -0.25) is 4.79 Å². The van der Waals surface area contributed by atoms with Crippen LogP contribution in [-0.2, 0) is 22.8 Å². The summed E-state index contributed by atoms with van der Waals surface area (Å²) in [5.74, 6) is -1.47. The molecule has 0 saturated heterocycles. The van der Waals surface area contributed by atoms with E-state index in [4.69, 9.17) is 4.52 Å². The van der Waals surface area contributed by atoms with Crippen molar-refractivity contribution in [3.05, 3.63) is 77.2 Å². The third-order valence-corrected chi connectivity index (χ3v) is 5.86. The van der Waals surface area contributed by atoms with Gasteiger partial charge in [0.05, 0.1) is 10.6 Å². The maximum Gasteiger partial charge on any atom is 0.315 e. The second-order valence-corrected chi connectivity index (χ2v) is 8.26. The van der Waals surface area contributed by atoms with Gasteiger partial charge in [0, 0.05) is 13.0 Å². The molecular formula is C19H18FN3O4S. The summed E-state index contributed by atoms with van der Waals surface area (Å²) in [7, 11) is -3.63. The molecule has 1 N–H and O–H groups in total. The molecule has 0 unspecified atom stereocenters. The SMILES string of the molecule is Cc1ccccc1CNC(=O)c1nc(CCS(=O)(=O)c2ccc(F)cc2)no1. The first kappa shape index (κ1) is 19.7. The number of amides is 1. The Balaban J connectivity index is 1.58. The van der Waals surface area contributed by atoms with Gasteiger partial charge < -0.3 is 9.84 Å². The molecule has 146 valence electrons. The van der Waals surface area contributed by atoms with Gasteiger partial charge in [-0.25, -0.2) is 12.8 Å². The quantitative estimate of drug-likeness (QED) is 0.608. The van der Waals surface area contributed by atoms with Crippen molar-refractivity contribution in [3.63, 3.8) is 0 Å². The van der Waals surface area contributed by atoms with Gasteiger partial charge in [-0.1, -0.05) is 29.4 Å². The summed E-state index contributed by atoms with van der Waals surface area (Å²) in [6.45, 7) is 2.25. The molecule has 2 aromatic carbocycles. The van der Waals surface area contributed by atoms with Crippen LogP contribution < -0.4 is 5.32 Å². The maximum absolute atomic E-state index is 12.9. The molecule has 3 aromatic rings. The smallest absolute Gasteiger partial charge is 0.315 e. The Morgan fingerprint density at radius 2 is 1.86 bits per heavy atom. The number of carbonyl (C=O) groups is 1. The minimum atomic E-state index is -3.63. The number of hydrogen-bond acceptors (Lipinski definition) is 6. The van der Waals surface area contributed by atoms with Crippen LogP contribution >= 0.6 is 0 Å². The molecule has 1 heterocycles. The predicted octanol–water partition coefficient (Wildman–Crippen LogP) is 2.46. The lowest BCUT2D eigenvalue weighted by atomic mass is 10.1. The van der Waals surface area contributed by atoms with Crippen LogP contribution in [0.3, 0.4) is 0 Å². The Kier molecular flexibility index (Phi) is 5.84. The fourth-order valence-corrected chi connectivity index (χ4v) is 3.73. The van der Waals surface area contributed by atoms with E-state index in [9.17, 15) is 17.6 Å². The first-order valence-corrected chi connectivity index (χ1v) is 10.1. The van der Waals surface area contributed by atoms with E-state index in [-0.39, 0.29) is 28.8 Å². The molecule has 0 aliphatic heterocycles. The highest BCUT2D eigenvalue weighted by Crippen LogP contribution is 2.13. The second-order valence-electron chi connectivity index (χ2n) is 6.15. The zero-order valence-electron chi connectivity index (χ0n) is 15.1. The molecule has 1 amide bonds. The van der Waals surface area contributed by atoms with Crippen LogP contribution in [0.2, 0.25) is 0 Å². The van der Waals surface area contributed by atoms with Gasteiger partial charge in [0.2, 0.25) is 0 Å². The number of halogens is 1. The Hall–Kier alpha value is -3.07. The van der Waals surface area contributed by atoms with Crippen molar-refractivity contribution < 1.29 is 22.1 Å². The standard InChI is InChI=1S/C19H18FN3O4S/c1-13-4-2-3-5-14(13)12-21-18(24)19-22-17(23-27-19)10-11-28(25,26)16-8-6-15(20)7-9-16/h2-9H,10-12H2,1H3,(H,21,24). The van der Waals surface area contributed by atoms with Crippen LogP contribution in [0.5, 0.6) is 0 Å². The molecule has 3 rings (SSSR count). The van der Waals surface area contributed by atoms with Gasteiger partial charge in [0.25, 0.3) is 0 Å². The van der Waals surface area contributed by atoms with Crippen molar-refractivity contribution in [2.24, 2.45) is 0 Å². The zero-order valence-corrected chi connectivity index (χ0v) is 15.9. The van der Waals surface area contributed by atoms with E-state index in [0.717, 1.165) is 23.3 Å². The maximum atomic E-state index is 12.9. The van der Waals surface area contributed by atoms with E-state index in [1.807, 2.05) is 31.2 Å². The highest BCUT2D eigenvalue weighted by Gasteiger charge is 2.19. The zero-order chi connectivity index (χ0) is 20.1. The highest BCUT2D eigenvalue weighted by molar-refractivity contribution is 7.91. The van der Waals surface area contributed by atoms with Crippen molar-refractivity contribution in [2.75, 3.05) is 5.75 Å². The van der Waals surface area contributed by atoms with Crippen LogP contribution in [0, 0.1) is 12.7 Å². The van der Waals surface area contributed by atoms with Crippen molar-refractivity contribution in [3.8, 4) is 0 Å². The van der Waals surface area contributed by atoms with Crippen LogP contribution in [0.15, 0.2) is 57.9 Å². The number of sulfone groups is 1. The van der Waals surface area contributed by atoms with Gasteiger partial charge in [-0.15, -0.1) is 0 Å². The molecule has 9 heteroatoms. The van der Waals surface area contributed by atoms with Gasteiger partial charge in [0.1, 0.15) is 5.82 Å². The van der Waals surface area contributed by atoms with Crippen LogP contribution in [0.25, 0.3) is 0 Å². The third kappa shape index (κ3) is 4.80. The van der Waals surface area contributed by atoms with Crippen LogP contribution in [0.1, 0.15) is 27.6 Å². The van der Waals surface area contributed by atoms with Gasteiger partial charge >= 0.3 is 11.8 Å². The Labute approximate surface area is 161 Å². The summed E-state index contributed by atoms with van der Waals surface area (Å²) in [4.78, 5) is 16.1. The topological polar surface area (TPSA) is 102 Å². The largest absolute Gasteiger partial charge is 0.344 e. The molecule has 0 aliphatic carbocycles. The van der Waals surface area contributed by atoms with E-state index >= 15 is 0 Å². The molecule has 0 radical (unpaired) electrons. The summed E-state index contributed by atoms with van der Waals surface area (Å²) in [5.41, 5.74) is 2.00. The monoisotopic (exact) mass is 403 g/mol. The number of aryl methyl sites for hydroxylation is 2. The number of benzene rings is 2. The number of hydrogen-bond donors (Lipinski definition) is 1. The molecule has 0 atom stereocenters. The molecule has 0 saturated carbocycles. The van der Waals surface area contributed by atoms with E-state index < -0.39 is 21.6 Å².